The Morgan fingerprint density at radius 1 is 1.17 bits per heavy atom. The number of aliphatic imine (C=N–C) groups is 1. The van der Waals surface area contributed by atoms with Gasteiger partial charge >= 0.3 is 0 Å². The highest BCUT2D eigenvalue weighted by Crippen LogP contribution is 2.16. The summed E-state index contributed by atoms with van der Waals surface area (Å²) in [7, 11) is 0. The van der Waals surface area contributed by atoms with Gasteiger partial charge in [0.15, 0.2) is 5.96 Å². The second-order valence-electron chi connectivity index (χ2n) is 6.24. The van der Waals surface area contributed by atoms with Gasteiger partial charge in [0.05, 0.1) is 6.54 Å². The van der Waals surface area contributed by atoms with Gasteiger partial charge in [-0.2, -0.15) is 0 Å². The molecular formula is C18H37N5O. The van der Waals surface area contributed by atoms with Crippen molar-refractivity contribution in [1.29, 1.82) is 0 Å². The lowest BCUT2D eigenvalue weighted by Crippen LogP contribution is -2.43. The standard InChI is InChI=1S/C18H37N5O/c1-5-19-18(20-13-12-17(24)22(6-2)7-3)21-15-16-11-9-10-14-23(16)8-4/h16H,5-15H2,1-4H3,(H2,19,20,21). The van der Waals surface area contributed by atoms with Gasteiger partial charge in [-0.1, -0.05) is 13.3 Å². The third-order valence-electron chi connectivity index (χ3n) is 4.71. The Morgan fingerprint density at radius 2 is 1.92 bits per heavy atom. The monoisotopic (exact) mass is 339 g/mol. The summed E-state index contributed by atoms with van der Waals surface area (Å²) in [6.07, 6.45) is 4.35. The van der Waals surface area contributed by atoms with Gasteiger partial charge in [-0.05, 0) is 46.7 Å². The molecule has 0 aromatic heterocycles. The molecule has 0 bridgehead atoms. The average Bonchev–Trinajstić information content (AvgIpc) is 2.61. The number of rotatable bonds is 9. The van der Waals surface area contributed by atoms with Gasteiger partial charge in [0, 0.05) is 38.6 Å². The SMILES string of the molecule is CCNC(=NCC1CCCCN1CC)NCCC(=O)N(CC)CC. The molecule has 1 aliphatic rings. The number of carbonyl (C=O) groups excluding carboxylic acids is 1. The number of amides is 1. The summed E-state index contributed by atoms with van der Waals surface area (Å²) in [5, 5.41) is 6.58. The molecule has 1 saturated heterocycles. The first-order valence-corrected chi connectivity index (χ1v) is 9.70. The molecule has 1 fully saturated rings. The van der Waals surface area contributed by atoms with Crippen molar-refractivity contribution < 1.29 is 4.79 Å². The molecule has 0 saturated carbocycles. The van der Waals surface area contributed by atoms with Crippen molar-refractivity contribution in [3.05, 3.63) is 0 Å². The first-order chi connectivity index (χ1) is 11.7. The van der Waals surface area contributed by atoms with Crippen LogP contribution in [0.5, 0.6) is 0 Å². The molecule has 24 heavy (non-hydrogen) atoms. The van der Waals surface area contributed by atoms with Crippen LogP contribution in [0.3, 0.4) is 0 Å². The Kier molecular flexibility index (Phi) is 10.5. The fraction of sp³-hybridized carbons (Fsp3) is 0.889. The Labute approximate surface area is 148 Å². The lowest BCUT2D eigenvalue weighted by Gasteiger charge is -2.34. The van der Waals surface area contributed by atoms with Crippen LogP contribution in [0.25, 0.3) is 0 Å². The molecule has 1 atom stereocenters. The van der Waals surface area contributed by atoms with E-state index in [0.717, 1.165) is 38.7 Å². The van der Waals surface area contributed by atoms with Crippen LogP contribution in [0.2, 0.25) is 0 Å². The Bertz CT molecular complexity index is 382. The molecule has 2 N–H and O–H groups in total. The molecule has 0 aromatic rings. The van der Waals surface area contributed by atoms with Crippen LogP contribution < -0.4 is 10.6 Å². The maximum Gasteiger partial charge on any atom is 0.224 e. The molecule has 1 amide bonds. The summed E-state index contributed by atoms with van der Waals surface area (Å²) in [6.45, 7) is 14.5. The molecule has 1 unspecified atom stereocenters. The minimum Gasteiger partial charge on any atom is -0.357 e. The Morgan fingerprint density at radius 3 is 2.54 bits per heavy atom. The average molecular weight is 340 g/mol. The van der Waals surface area contributed by atoms with E-state index in [4.69, 9.17) is 4.99 Å². The number of hydrogen-bond donors (Lipinski definition) is 2. The van der Waals surface area contributed by atoms with Crippen LogP contribution in [0.4, 0.5) is 0 Å². The molecular weight excluding hydrogens is 302 g/mol. The third-order valence-corrected chi connectivity index (χ3v) is 4.71. The first-order valence-electron chi connectivity index (χ1n) is 9.70. The fourth-order valence-corrected chi connectivity index (χ4v) is 3.24. The number of likely N-dealkylation sites (tertiary alicyclic amines) is 1. The molecule has 1 rings (SSSR count). The number of guanidine groups is 1. The second-order valence-corrected chi connectivity index (χ2v) is 6.24. The summed E-state index contributed by atoms with van der Waals surface area (Å²) in [5.41, 5.74) is 0. The molecule has 1 aliphatic heterocycles. The number of nitrogens with one attached hydrogen (secondary N) is 2. The zero-order chi connectivity index (χ0) is 17.8. The zero-order valence-electron chi connectivity index (χ0n) is 16.1. The number of likely N-dealkylation sites (N-methyl/N-ethyl adjacent to an activating group) is 1. The van der Waals surface area contributed by atoms with E-state index in [1.165, 1.54) is 25.8 Å². The third kappa shape index (κ3) is 7.07. The van der Waals surface area contributed by atoms with E-state index in [1.807, 2.05) is 18.7 Å². The van der Waals surface area contributed by atoms with E-state index in [2.05, 4.69) is 29.4 Å². The summed E-state index contributed by atoms with van der Waals surface area (Å²) >= 11 is 0. The second kappa shape index (κ2) is 12.1. The molecule has 0 aromatic carbocycles. The van der Waals surface area contributed by atoms with E-state index in [9.17, 15) is 4.79 Å². The van der Waals surface area contributed by atoms with Crippen LogP contribution in [0.1, 0.15) is 53.4 Å². The van der Waals surface area contributed by atoms with Crippen molar-refractivity contribution in [3.8, 4) is 0 Å². The maximum atomic E-state index is 12.1. The van der Waals surface area contributed by atoms with E-state index in [0.29, 0.717) is 19.0 Å². The number of hydrogen-bond acceptors (Lipinski definition) is 3. The minimum atomic E-state index is 0.202. The van der Waals surface area contributed by atoms with Crippen molar-refractivity contribution in [2.75, 3.05) is 45.8 Å². The van der Waals surface area contributed by atoms with Crippen molar-refractivity contribution in [2.45, 2.75) is 59.4 Å². The quantitative estimate of drug-likeness (QED) is 0.496. The summed E-state index contributed by atoms with van der Waals surface area (Å²) in [4.78, 5) is 21.2. The lowest BCUT2D eigenvalue weighted by molar-refractivity contribution is -0.130. The van der Waals surface area contributed by atoms with Gasteiger partial charge in [-0.3, -0.25) is 14.7 Å². The summed E-state index contributed by atoms with van der Waals surface area (Å²) in [6, 6.07) is 0.552. The Balaban J connectivity index is 2.46. The van der Waals surface area contributed by atoms with E-state index in [-0.39, 0.29) is 5.91 Å². The number of piperidine rings is 1. The van der Waals surface area contributed by atoms with Gasteiger partial charge in [-0.15, -0.1) is 0 Å². The fourth-order valence-electron chi connectivity index (χ4n) is 3.24. The van der Waals surface area contributed by atoms with Gasteiger partial charge in [-0.25, -0.2) is 0 Å². The van der Waals surface area contributed by atoms with Crippen LogP contribution >= 0.6 is 0 Å². The topological polar surface area (TPSA) is 60.0 Å². The van der Waals surface area contributed by atoms with Crippen molar-refractivity contribution in [3.63, 3.8) is 0 Å². The van der Waals surface area contributed by atoms with Crippen LogP contribution in [0.15, 0.2) is 4.99 Å². The van der Waals surface area contributed by atoms with Crippen LogP contribution in [0, 0.1) is 0 Å². The molecule has 140 valence electrons. The highest BCUT2D eigenvalue weighted by molar-refractivity contribution is 5.81. The molecule has 0 radical (unpaired) electrons. The van der Waals surface area contributed by atoms with E-state index >= 15 is 0 Å². The molecule has 1 heterocycles. The van der Waals surface area contributed by atoms with Gasteiger partial charge < -0.3 is 15.5 Å². The van der Waals surface area contributed by atoms with Gasteiger partial charge in [0.2, 0.25) is 5.91 Å². The van der Waals surface area contributed by atoms with Crippen molar-refractivity contribution >= 4 is 11.9 Å². The summed E-state index contributed by atoms with van der Waals surface area (Å²) < 4.78 is 0. The van der Waals surface area contributed by atoms with Crippen LogP contribution in [-0.2, 0) is 4.79 Å². The van der Waals surface area contributed by atoms with E-state index < -0.39 is 0 Å². The zero-order valence-corrected chi connectivity index (χ0v) is 16.1. The predicted octanol–water partition coefficient (Wildman–Crippen LogP) is 1.67. The predicted molar refractivity (Wildman–Crippen MR) is 101 cm³/mol. The van der Waals surface area contributed by atoms with Crippen molar-refractivity contribution in [2.24, 2.45) is 4.99 Å². The van der Waals surface area contributed by atoms with Crippen LogP contribution in [-0.4, -0.2) is 73.5 Å². The van der Waals surface area contributed by atoms with Gasteiger partial charge in [0.25, 0.3) is 0 Å². The summed E-state index contributed by atoms with van der Waals surface area (Å²) in [5.74, 6) is 1.03. The largest absolute Gasteiger partial charge is 0.357 e. The molecule has 6 heteroatoms. The van der Waals surface area contributed by atoms with E-state index in [1.54, 1.807) is 0 Å². The molecule has 6 nitrogen and oxygen atoms in total. The minimum absolute atomic E-state index is 0.202. The number of carbonyl (C=O) groups is 1. The van der Waals surface area contributed by atoms with Crippen molar-refractivity contribution in [1.82, 2.24) is 20.4 Å². The van der Waals surface area contributed by atoms with Gasteiger partial charge in [0.1, 0.15) is 0 Å². The smallest absolute Gasteiger partial charge is 0.224 e. The highest BCUT2D eigenvalue weighted by atomic mass is 16.2. The normalized spacial score (nSPS) is 19.2. The maximum absolute atomic E-state index is 12.1. The first kappa shape index (κ1) is 20.7. The lowest BCUT2D eigenvalue weighted by atomic mass is 10.0. The Hall–Kier alpha value is -1.30. The molecule has 0 spiro atoms. The molecule has 0 aliphatic carbocycles. The number of nitrogens with zero attached hydrogens (tertiary/aromatic N) is 3. The highest BCUT2D eigenvalue weighted by Gasteiger charge is 2.20.